The van der Waals surface area contributed by atoms with E-state index in [-0.39, 0.29) is 11.8 Å². The lowest BCUT2D eigenvalue weighted by Gasteiger charge is -2.08. The molecule has 130 valence electrons. The van der Waals surface area contributed by atoms with Crippen molar-refractivity contribution in [2.75, 3.05) is 5.32 Å². The first-order chi connectivity index (χ1) is 12.6. The topological polar surface area (TPSA) is 99.4 Å². The number of amides is 1. The van der Waals surface area contributed by atoms with Crippen molar-refractivity contribution in [2.24, 2.45) is 0 Å². The first kappa shape index (κ1) is 16.1. The Morgan fingerprint density at radius 3 is 2.85 bits per heavy atom. The molecule has 26 heavy (non-hydrogen) atoms. The highest BCUT2D eigenvalue weighted by molar-refractivity contribution is 5.94. The molecule has 1 saturated carbocycles. The number of hydrogen-bond donors (Lipinski definition) is 2. The van der Waals surface area contributed by atoms with Crippen LogP contribution < -0.4 is 5.32 Å². The number of carbonyl (C=O) groups excluding carboxylic acids is 1. The second-order valence-corrected chi connectivity index (χ2v) is 6.57. The maximum atomic E-state index is 12.5. The zero-order chi connectivity index (χ0) is 18.1. The van der Waals surface area contributed by atoms with Crippen LogP contribution in [0, 0.1) is 11.3 Å². The maximum absolute atomic E-state index is 12.5. The van der Waals surface area contributed by atoms with E-state index in [0.29, 0.717) is 17.3 Å². The number of rotatable bonds is 5. The normalized spacial score (nSPS) is 14.6. The monoisotopic (exact) mass is 346 g/mol. The average molecular weight is 346 g/mol. The standard InChI is InChI=1S/C19H18N6O/c1-12(19(26)22-18-8-17(23-24-18)14-4-5-14)15-10-21-25(11-15)16-6-2-13(9-20)3-7-16/h2-3,6-8,10-12,14H,4-5H2,1H3,(H2,22,23,24,26). The van der Waals surface area contributed by atoms with Crippen molar-refractivity contribution in [3.8, 4) is 11.8 Å². The van der Waals surface area contributed by atoms with Gasteiger partial charge < -0.3 is 5.32 Å². The van der Waals surface area contributed by atoms with Gasteiger partial charge in [0.15, 0.2) is 0 Å². The second kappa shape index (κ2) is 6.48. The van der Waals surface area contributed by atoms with Crippen LogP contribution in [-0.4, -0.2) is 25.9 Å². The predicted molar refractivity (Wildman–Crippen MR) is 95.9 cm³/mol. The second-order valence-electron chi connectivity index (χ2n) is 6.57. The summed E-state index contributed by atoms with van der Waals surface area (Å²) in [6.07, 6.45) is 5.85. The molecule has 2 aromatic heterocycles. The van der Waals surface area contributed by atoms with Gasteiger partial charge in [-0.25, -0.2) is 4.68 Å². The lowest BCUT2D eigenvalue weighted by atomic mass is 10.0. The maximum Gasteiger partial charge on any atom is 0.232 e. The molecule has 1 unspecified atom stereocenters. The van der Waals surface area contributed by atoms with Gasteiger partial charge in [0.1, 0.15) is 5.82 Å². The predicted octanol–water partition coefficient (Wildman–Crippen LogP) is 3.09. The van der Waals surface area contributed by atoms with E-state index < -0.39 is 0 Å². The first-order valence-electron chi connectivity index (χ1n) is 8.55. The highest BCUT2D eigenvalue weighted by Crippen LogP contribution is 2.39. The fourth-order valence-electron chi connectivity index (χ4n) is 2.77. The van der Waals surface area contributed by atoms with Gasteiger partial charge in [-0.05, 0) is 44.0 Å². The number of hydrogen-bond acceptors (Lipinski definition) is 4. The van der Waals surface area contributed by atoms with Crippen molar-refractivity contribution >= 4 is 11.7 Å². The van der Waals surface area contributed by atoms with Crippen LogP contribution in [0.4, 0.5) is 5.82 Å². The molecule has 0 aliphatic heterocycles. The number of carbonyl (C=O) groups is 1. The Labute approximate surface area is 150 Å². The third-order valence-electron chi connectivity index (χ3n) is 4.61. The Kier molecular flexibility index (Phi) is 4.01. The molecule has 1 atom stereocenters. The number of aromatic nitrogens is 4. The van der Waals surface area contributed by atoms with Crippen LogP contribution >= 0.6 is 0 Å². The van der Waals surface area contributed by atoms with E-state index in [0.717, 1.165) is 16.9 Å². The number of aromatic amines is 1. The Bertz CT molecular complexity index is 974. The smallest absolute Gasteiger partial charge is 0.232 e. The molecule has 0 bridgehead atoms. The van der Waals surface area contributed by atoms with Crippen molar-refractivity contribution in [1.82, 2.24) is 20.0 Å². The molecule has 2 heterocycles. The summed E-state index contributed by atoms with van der Waals surface area (Å²) < 4.78 is 1.70. The molecule has 4 rings (SSSR count). The highest BCUT2D eigenvalue weighted by Gasteiger charge is 2.26. The van der Waals surface area contributed by atoms with E-state index in [2.05, 4.69) is 26.7 Å². The molecule has 0 saturated heterocycles. The van der Waals surface area contributed by atoms with Crippen LogP contribution in [-0.2, 0) is 4.79 Å². The van der Waals surface area contributed by atoms with Crippen LogP contribution in [0.1, 0.15) is 48.4 Å². The third kappa shape index (κ3) is 3.22. The van der Waals surface area contributed by atoms with Crippen LogP contribution in [0.5, 0.6) is 0 Å². The lowest BCUT2D eigenvalue weighted by Crippen LogP contribution is -2.18. The van der Waals surface area contributed by atoms with E-state index in [4.69, 9.17) is 5.26 Å². The molecule has 7 nitrogen and oxygen atoms in total. The molecule has 1 aliphatic carbocycles. The molecule has 2 N–H and O–H groups in total. The zero-order valence-corrected chi connectivity index (χ0v) is 14.3. The van der Waals surface area contributed by atoms with Crippen LogP contribution in [0.15, 0.2) is 42.7 Å². The summed E-state index contributed by atoms with van der Waals surface area (Å²) >= 11 is 0. The Hall–Kier alpha value is -3.40. The van der Waals surface area contributed by atoms with Crippen molar-refractivity contribution in [1.29, 1.82) is 5.26 Å². The minimum atomic E-state index is -0.352. The summed E-state index contributed by atoms with van der Waals surface area (Å²) in [6, 6.07) is 11.1. The third-order valence-corrected chi connectivity index (χ3v) is 4.61. The number of benzene rings is 1. The van der Waals surface area contributed by atoms with Gasteiger partial charge in [0.2, 0.25) is 5.91 Å². The van der Waals surface area contributed by atoms with Gasteiger partial charge in [-0.1, -0.05) is 0 Å². The summed E-state index contributed by atoms with van der Waals surface area (Å²) in [6.45, 7) is 1.84. The minimum Gasteiger partial charge on any atom is -0.311 e. The molecule has 3 aromatic rings. The molecule has 1 fully saturated rings. The largest absolute Gasteiger partial charge is 0.311 e. The summed E-state index contributed by atoms with van der Waals surface area (Å²) in [5.74, 6) is 0.702. The SMILES string of the molecule is CC(C(=O)Nc1cc(C2CC2)n[nH]1)c1cnn(-c2ccc(C#N)cc2)c1. The van der Waals surface area contributed by atoms with Crippen LogP contribution in [0.3, 0.4) is 0 Å². The molecule has 1 aromatic carbocycles. The van der Waals surface area contributed by atoms with Gasteiger partial charge in [0.25, 0.3) is 0 Å². The fraction of sp³-hybridized carbons (Fsp3) is 0.263. The van der Waals surface area contributed by atoms with Gasteiger partial charge in [-0.2, -0.15) is 15.5 Å². The van der Waals surface area contributed by atoms with Crippen molar-refractivity contribution in [3.63, 3.8) is 0 Å². The number of H-pyrrole nitrogens is 1. The minimum absolute atomic E-state index is 0.115. The van der Waals surface area contributed by atoms with Crippen molar-refractivity contribution in [3.05, 3.63) is 59.5 Å². The quantitative estimate of drug-likeness (QED) is 0.741. The number of anilines is 1. The van der Waals surface area contributed by atoms with Gasteiger partial charge in [-0.15, -0.1) is 0 Å². The van der Waals surface area contributed by atoms with Gasteiger partial charge in [0, 0.05) is 23.7 Å². The zero-order valence-electron chi connectivity index (χ0n) is 14.3. The van der Waals surface area contributed by atoms with Gasteiger partial charge in [0.05, 0.1) is 35.1 Å². The summed E-state index contributed by atoms with van der Waals surface area (Å²) in [5.41, 5.74) is 3.26. The van der Waals surface area contributed by atoms with E-state index in [1.807, 2.05) is 31.3 Å². The molecular weight excluding hydrogens is 328 g/mol. The van der Waals surface area contributed by atoms with E-state index in [9.17, 15) is 4.79 Å². The molecule has 7 heteroatoms. The molecule has 0 radical (unpaired) electrons. The van der Waals surface area contributed by atoms with E-state index in [1.54, 1.807) is 23.0 Å². The molecule has 0 spiro atoms. The van der Waals surface area contributed by atoms with Gasteiger partial charge in [-0.3, -0.25) is 9.89 Å². The average Bonchev–Trinajstić information content (AvgIpc) is 3.21. The molecular formula is C19H18N6O. The molecule has 1 amide bonds. The molecule has 1 aliphatic rings. The Morgan fingerprint density at radius 2 is 2.15 bits per heavy atom. The fourth-order valence-corrected chi connectivity index (χ4v) is 2.77. The lowest BCUT2D eigenvalue weighted by molar-refractivity contribution is -0.117. The first-order valence-corrected chi connectivity index (χ1v) is 8.55. The van der Waals surface area contributed by atoms with Crippen molar-refractivity contribution in [2.45, 2.75) is 31.6 Å². The van der Waals surface area contributed by atoms with E-state index in [1.165, 1.54) is 12.8 Å². The Morgan fingerprint density at radius 1 is 1.38 bits per heavy atom. The van der Waals surface area contributed by atoms with Crippen LogP contribution in [0.2, 0.25) is 0 Å². The van der Waals surface area contributed by atoms with E-state index >= 15 is 0 Å². The number of nitriles is 1. The summed E-state index contributed by atoms with van der Waals surface area (Å²) in [5, 5.41) is 23.2. The Balaban J connectivity index is 1.45. The summed E-state index contributed by atoms with van der Waals surface area (Å²) in [4.78, 5) is 12.5. The van der Waals surface area contributed by atoms with Crippen molar-refractivity contribution < 1.29 is 4.79 Å². The van der Waals surface area contributed by atoms with Crippen LogP contribution in [0.25, 0.3) is 5.69 Å². The number of nitrogens with zero attached hydrogens (tertiary/aromatic N) is 4. The van der Waals surface area contributed by atoms with Gasteiger partial charge >= 0.3 is 0 Å². The summed E-state index contributed by atoms with van der Waals surface area (Å²) in [7, 11) is 0. The highest BCUT2D eigenvalue weighted by atomic mass is 16.1. The number of nitrogens with one attached hydrogen (secondary N) is 2.